The molecule has 1 heterocycles. The van der Waals surface area contributed by atoms with Crippen LogP contribution in [0.4, 0.5) is 11.4 Å². The molecule has 2 aromatic rings. The molecule has 1 aliphatic heterocycles. The summed E-state index contributed by atoms with van der Waals surface area (Å²) in [5.41, 5.74) is 4.52. The first kappa shape index (κ1) is 12.6. The molecule has 100 valence electrons. The van der Waals surface area contributed by atoms with Crippen LogP contribution in [0.1, 0.15) is 11.1 Å². The third-order valence-corrected chi connectivity index (χ3v) is 3.80. The summed E-state index contributed by atoms with van der Waals surface area (Å²) in [6, 6.07) is 18.5. The second-order valence-electron chi connectivity index (χ2n) is 5.14. The molecule has 0 saturated carbocycles. The van der Waals surface area contributed by atoms with Crippen molar-refractivity contribution in [3.8, 4) is 6.07 Å². The van der Waals surface area contributed by atoms with Crippen LogP contribution in [0.15, 0.2) is 48.5 Å². The summed E-state index contributed by atoms with van der Waals surface area (Å²) in [5, 5.41) is 8.84. The van der Waals surface area contributed by atoms with E-state index in [1.54, 1.807) is 0 Å². The maximum absolute atomic E-state index is 8.84. The van der Waals surface area contributed by atoms with Gasteiger partial charge in [0.2, 0.25) is 0 Å². The Kier molecular flexibility index (Phi) is 3.30. The van der Waals surface area contributed by atoms with E-state index in [-0.39, 0.29) is 0 Å². The van der Waals surface area contributed by atoms with Crippen LogP contribution in [0.2, 0.25) is 0 Å². The minimum absolute atomic E-state index is 0.715. The van der Waals surface area contributed by atoms with Crippen molar-refractivity contribution in [1.29, 1.82) is 5.26 Å². The number of hydrogen-bond acceptors (Lipinski definition) is 3. The number of benzene rings is 2. The smallest absolute Gasteiger partial charge is 0.0991 e. The molecule has 0 bridgehead atoms. The maximum Gasteiger partial charge on any atom is 0.0991 e. The summed E-state index contributed by atoms with van der Waals surface area (Å²) in [6.07, 6.45) is 0. The third kappa shape index (κ3) is 2.33. The fourth-order valence-corrected chi connectivity index (χ4v) is 2.64. The minimum Gasteiger partial charge on any atom is -0.371 e. The molecule has 0 fully saturated rings. The second kappa shape index (κ2) is 5.26. The number of nitriles is 1. The van der Waals surface area contributed by atoms with Gasteiger partial charge in [-0.05, 0) is 29.8 Å². The van der Waals surface area contributed by atoms with E-state index in [0.29, 0.717) is 5.56 Å². The highest BCUT2D eigenvalue weighted by atomic mass is 15.2. The molecule has 0 radical (unpaired) electrons. The number of anilines is 2. The number of hydrogen-bond donors (Lipinski definition) is 0. The highest BCUT2D eigenvalue weighted by Crippen LogP contribution is 2.32. The Balaban J connectivity index is 1.85. The lowest BCUT2D eigenvalue weighted by Crippen LogP contribution is -2.38. The number of nitrogens with zero attached hydrogens (tertiary/aromatic N) is 3. The number of fused-ring (bicyclic) bond motifs is 1. The van der Waals surface area contributed by atoms with Crippen molar-refractivity contribution in [2.24, 2.45) is 0 Å². The van der Waals surface area contributed by atoms with Gasteiger partial charge in [-0.3, -0.25) is 0 Å². The van der Waals surface area contributed by atoms with Gasteiger partial charge in [-0.25, -0.2) is 0 Å². The molecule has 0 aliphatic carbocycles. The summed E-state index contributed by atoms with van der Waals surface area (Å²) in [5.74, 6) is 0. The van der Waals surface area contributed by atoms with Gasteiger partial charge < -0.3 is 9.80 Å². The lowest BCUT2D eigenvalue weighted by atomic mass is 10.1. The maximum atomic E-state index is 8.84. The van der Waals surface area contributed by atoms with Crippen molar-refractivity contribution in [3.63, 3.8) is 0 Å². The Bertz CT molecular complexity index is 640. The molecule has 0 spiro atoms. The quantitative estimate of drug-likeness (QED) is 0.834. The lowest BCUT2D eigenvalue weighted by molar-refractivity contribution is 0.735. The van der Waals surface area contributed by atoms with Gasteiger partial charge in [0.25, 0.3) is 0 Å². The summed E-state index contributed by atoms with van der Waals surface area (Å²) in [7, 11) is 2.14. The zero-order chi connectivity index (χ0) is 13.9. The normalized spacial score (nSPS) is 13.8. The molecule has 0 aromatic heterocycles. The fraction of sp³-hybridized carbons (Fsp3) is 0.235. The molecule has 20 heavy (non-hydrogen) atoms. The summed E-state index contributed by atoms with van der Waals surface area (Å²) < 4.78 is 0. The van der Waals surface area contributed by atoms with Crippen molar-refractivity contribution in [3.05, 3.63) is 59.7 Å². The van der Waals surface area contributed by atoms with Gasteiger partial charge in [0.05, 0.1) is 23.0 Å². The summed E-state index contributed by atoms with van der Waals surface area (Å²) in [4.78, 5) is 4.70. The van der Waals surface area contributed by atoms with Crippen LogP contribution in [0.25, 0.3) is 0 Å². The van der Waals surface area contributed by atoms with E-state index in [1.807, 2.05) is 24.3 Å². The van der Waals surface area contributed by atoms with E-state index in [1.165, 1.54) is 16.9 Å². The molecule has 0 N–H and O–H groups in total. The average Bonchev–Trinajstić information content (AvgIpc) is 2.51. The highest BCUT2D eigenvalue weighted by Gasteiger charge is 2.19. The third-order valence-electron chi connectivity index (χ3n) is 3.80. The molecule has 3 nitrogen and oxygen atoms in total. The van der Waals surface area contributed by atoms with Crippen molar-refractivity contribution in [1.82, 2.24) is 0 Å². The largest absolute Gasteiger partial charge is 0.371 e. The van der Waals surface area contributed by atoms with Crippen LogP contribution >= 0.6 is 0 Å². The first-order valence-electron chi connectivity index (χ1n) is 6.82. The molecule has 0 atom stereocenters. The molecule has 2 aromatic carbocycles. The van der Waals surface area contributed by atoms with Crippen LogP contribution in [0, 0.1) is 11.3 Å². The Morgan fingerprint density at radius 2 is 1.70 bits per heavy atom. The minimum atomic E-state index is 0.715. The predicted molar refractivity (Wildman–Crippen MR) is 81.9 cm³/mol. The summed E-state index contributed by atoms with van der Waals surface area (Å²) in [6.45, 7) is 2.94. The Morgan fingerprint density at radius 1 is 1.00 bits per heavy atom. The van der Waals surface area contributed by atoms with Crippen molar-refractivity contribution >= 4 is 11.4 Å². The van der Waals surface area contributed by atoms with Crippen LogP contribution in [0.3, 0.4) is 0 Å². The highest BCUT2D eigenvalue weighted by molar-refractivity contribution is 5.73. The molecular weight excluding hydrogens is 246 g/mol. The molecular formula is C17H17N3. The Hall–Kier alpha value is -2.47. The van der Waals surface area contributed by atoms with Crippen molar-refractivity contribution < 1.29 is 0 Å². The van der Waals surface area contributed by atoms with Crippen LogP contribution in [0.5, 0.6) is 0 Å². The Labute approximate surface area is 119 Å². The topological polar surface area (TPSA) is 30.3 Å². The van der Waals surface area contributed by atoms with Crippen LogP contribution < -0.4 is 9.80 Å². The van der Waals surface area contributed by atoms with Gasteiger partial charge in [-0.2, -0.15) is 5.26 Å². The predicted octanol–water partition coefficient (Wildman–Crippen LogP) is 3.01. The van der Waals surface area contributed by atoms with Gasteiger partial charge in [0.1, 0.15) is 0 Å². The van der Waals surface area contributed by atoms with Crippen LogP contribution in [-0.2, 0) is 6.54 Å². The first-order chi connectivity index (χ1) is 9.78. The molecule has 3 rings (SSSR count). The molecule has 0 amide bonds. The van der Waals surface area contributed by atoms with E-state index in [4.69, 9.17) is 5.26 Å². The number of para-hydroxylation sites is 2. The van der Waals surface area contributed by atoms with E-state index in [9.17, 15) is 0 Å². The second-order valence-corrected chi connectivity index (χ2v) is 5.14. The van der Waals surface area contributed by atoms with Gasteiger partial charge >= 0.3 is 0 Å². The SMILES string of the molecule is CN1CCN(Cc2ccc(C#N)cc2)c2ccccc21. The van der Waals surface area contributed by atoms with Gasteiger partial charge in [0, 0.05) is 26.7 Å². The van der Waals surface area contributed by atoms with Crippen molar-refractivity contribution in [2.75, 3.05) is 29.9 Å². The fourth-order valence-electron chi connectivity index (χ4n) is 2.64. The molecule has 0 saturated heterocycles. The van der Waals surface area contributed by atoms with Crippen molar-refractivity contribution in [2.45, 2.75) is 6.54 Å². The first-order valence-corrected chi connectivity index (χ1v) is 6.82. The lowest BCUT2D eigenvalue weighted by Gasteiger charge is -2.37. The monoisotopic (exact) mass is 263 g/mol. The molecule has 3 heteroatoms. The van der Waals surface area contributed by atoms with E-state index in [2.05, 4.69) is 47.2 Å². The van der Waals surface area contributed by atoms with E-state index in [0.717, 1.165) is 19.6 Å². The average molecular weight is 263 g/mol. The van der Waals surface area contributed by atoms with Gasteiger partial charge in [0.15, 0.2) is 0 Å². The molecule has 1 aliphatic rings. The number of likely N-dealkylation sites (N-methyl/N-ethyl adjacent to an activating group) is 1. The van der Waals surface area contributed by atoms with Gasteiger partial charge in [-0.1, -0.05) is 24.3 Å². The van der Waals surface area contributed by atoms with E-state index >= 15 is 0 Å². The van der Waals surface area contributed by atoms with Gasteiger partial charge in [-0.15, -0.1) is 0 Å². The summed E-state index contributed by atoms with van der Waals surface area (Å²) >= 11 is 0. The molecule has 0 unspecified atom stereocenters. The zero-order valence-electron chi connectivity index (χ0n) is 11.6. The number of rotatable bonds is 2. The standard InChI is InChI=1S/C17H17N3/c1-19-10-11-20(17-5-3-2-4-16(17)19)13-15-8-6-14(12-18)7-9-15/h2-9H,10-11,13H2,1H3. The van der Waals surface area contributed by atoms with E-state index < -0.39 is 0 Å². The zero-order valence-corrected chi connectivity index (χ0v) is 11.6. The Morgan fingerprint density at radius 3 is 2.40 bits per heavy atom. The van der Waals surface area contributed by atoms with Crippen LogP contribution in [-0.4, -0.2) is 20.1 Å².